The van der Waals surface area contributed by atoms with Crippen LogP contribution in [0.2, 0.25) is 5.02 Å². The lowest BCUT2D eigenvalue weighted by molar-refractivity contribution is 0.0472. The van der Waals surface area contributed by atoms with Crippen LogP contribution in [0.5, 0.6) is 0 Å². The van der Waals surface area contributed by atoms with Crippen LogP contribution >= 0.6 is 11.6 Å². The maximum absolute atomic E-state index is 11.6. The summed E-state index contributed by atoms with van der Waals surface area (Å²) >= 11 is 5.75. The molecule has 2 rings (SSSR count). The monoisotopic (exact) mass is 250 g/mol. The number of hydrogen-bond acceptors (Lipinski definition) is 3. The molecule has 0 spiro atoms. The number of aryl methyl sites for hydroxylation is 1. The minimum atomic E-state index is -0.381. The van der Waals surface area contributed by atoms with Crippen LogP contribution in [0.15, 0.2) is 36.7 Å². The minimum Gasteiger partial charge on any atom is -0.457 e. The van der Waals surface area contributed by atoms with Gasteiger partial charge in [-0.3, -0.25) is 4.68 Å². The van der Waals surface area contributed by atoms with E-state index in [2.05, 4.69) is 5.10 Å². The largest absolute Gasteiger partial charge is 0.457 e. The smallest absolute Gasteiger partial charge is 0.341 e. The maximum Gasteiger partial charge on any atom is 0.341 e. The SMILES string of the molecule is Cn1cc(C(=O)OCc2ccc(Cl)cc2)cn1. The van der Waals surface area contributed by atoms with E-state index in [0.717, 1.165) is 5.56 Å². The summed E-state index contributed by atoms with van der Waals surface area (Å²) in [6, 6.07) is 7.15. The molecule has 0 atom stereocenters. The van der Waals surface area contributed by atoms with Crippen molar-refractivity contribution in [2.45, 2.75) is 6.61 Å². The van der Waals surface area contributed by atoms with Crippen molar-refractivity contribution in [2.75, 3.05) is 0 Å². The minimum absolute atomic E-state index is 0.227. The van der Waals surface area contributed by atoms with Gasteiger partial charge in [0, 0.05) is 18.3 Å². The molecule has 0 aliphatic carbocycles. The lowest BCUT2D eigenvalue weighted by atomic mass is 10.2. The van der Waals surface area contributed by atoms with Gasteiger partial charge in [0.05, 0.1) is 11.8 Å². The number of aromatic nitrogens is 2. The second kappa shape index (κ2) is 5.01. The summed E-state index contributed by atoms with van der Waals surface area (Å²) in [4.78, 5) is 11.6. The molecule has 0 aliphatic heterocycles. The number of ether oxygens (including phenoxy) is 1. The Bertz CT molecular complexity index is 520. The third kappa shape index (κ3) is 3.07. The zero-order valence-electron chi connectivity index (χ0n) is 9.26. The standard InChI is InChI=1S/C12H11ClN2O2/c1-15-7-10(6-14-15)12(16)17-8-9-2-4-11(13)5-3-9/h2-7H,8H2,1H3. The molecular formula is C12H11ClN2O2. The van der Waals surface area contributed by atoms with Crippen molar-refractivity contribution in [3.05, 3.63) is 52.8 Å². The van der Waals surface area contributed by atoms with Gasteiger partial charge in [0.25, 0.3) is 0 Å². The van der Waals surface area contributed by atoms with Gasteiger partial charge >= 0.3 is 5.97 Å². The third-order valence-electron chi connectivity index (χ3n) is 2.22. The van der Waals surface area contributed by atoms with E-state index >= 15 is 0 Å². The fraction of sp³-hybridized carbons (Fsp3) is 0.167. The van der Waals surface area contributed by atoms with Gasteiger partial charge in [-0.25, -0.2) is 4.79 Å². The summed E-state index contributed by atoms with van der Waals surface area (Å²) < 4.78 is 6.69. The highest BCUT2D eigenvalue weighted by molar-refractivity contribution is 6.30. The van der Waals surface area contributed by atoms with E-state index in [0.29, 0.717) is 10.6 Å². The first kappa shape index (κ1) is 11.7. The highest BCUT2D eigenvalue weighted by Gasteiger charge is 2.09. The van der Waals surface area contributed by atoms with Gasteiger partial charge in [-0.05, 0) is 17.7 Å². The zero-order chi connectivity index (χ0) is 12.3. The van der Waals surface area contributed by atoms with Crippen molar-refractivity contribution in [1.29, 1.82) is 0 Å². The van der Waals surface area contributed by atoms with Crippen LogP contribution < -0.4 is 0 Å². The van der Waals surface area contributed by atoms with Gasteiger partial charge in [-0.1, -0.05) is 23.7 Å². The normalized spacial score (nSPS) is 10.2. The second-order valence-electron chi connectivity index (χ2n) is 3.61. The Morgan fingerprint density at radius 3 is 2.71 bits per heavy atom. The molecule has 2 aromatic rings. The number of halogens is 1. The highest BCUT2D eigenvalue weighted by atomic mass is 35.5. The zero-order valence-corrected chi connectivity index (χ0v) is 10.0. The van der Waals surface area contributed by atoms with Crippen LogP contribution in [0.1, 0.15) is 15.9 Å². The highest BCUT2D eigenvalue weighted by Crippen LogP contribution is 2.11. The third-order valence-corrected chi connectivity index (χ3v) is 2.48. The first-order valence-electron chi connectivity index (χ1n) is 5.05. The summed E-state index contributed by atoms with van der Waals surface area (Å²) in [5, 5.41) is 4.56. The van der Waals surface area contributed by atoms with Crippen LogP contribution in [0.4, 0.5) is 0 Å². The molecular weight excluding hydrogens is 240 g/mol. The van der Waals surface area contributed by atoms with Gasteiger partial charge in [0.1, 0.15) is 6.61 Å². The molecule has 1 aromatic carbocycles. The van der Waals surface area contributed by atoms with Crippen LogP contribution in [0, 0.1) is 0 Å². The molecule has 0 fully saturated rings. The molecule has 1 aromatic heterocycles. The Balaban J connectivity index is 1.94. The van der Waals surface area contributed by atoms with Crippen molar-refractivity contribution in [3.63, 3.8) is 0 Å². The predicted octanol–water partition coefficient (Wildman–Crippen LogP) is 2.43. The number of esters is 1. The van der Waals surface area contributed by atoms with E-state index in [1.807, 2.05) is 12.1 Å². The molecule has 4 nitrogen and oxygen atoms in total. The average molecular weight is 251 g/mol. The Hall–Kier alpha value is -1.81. The average Bonchev–Trinajstić information content (AvgIpc) is 2.75. The molecule has 0 unspecified atom stereocenters. The summed E-state index contributed by atoms with van der Waals surface area (Å²) in [7, 11) is 1.75. The van der Waals surface area contributed by atoms with Crippen LogP contribution in [0.3, 0.4) is 0 Å². The van der Waals surface area contributed by atoms with Gasteiger partial charge in [0.15, 0.2) is 0 Å². The van der Waals surface area contributed by atoms with E-state index in [9.17, 15) is 4.79 Å². The Labute approximate surface area is 104 Å². The van der Waals surface area contributed by atoms with Crippen molar-refractivity contribution in [1.82, 2.24) is 9.78 Å². The lowest BCUT2D eigenvalue weighted by Crippen LogP contribution is -2.04. The number of benzene rings is 1. The van der Waals surface area contributed by atoms with E-state index in [-0.39, 0.29) is 12.6 Å². The molecule has 0 bridgehead atoms. The molecule has 0 aliphatic rings. The fourth-order valence-corrected chi connectivity index (χ4v) is 1.47. The molecule has 0 saturated heterocycles. The van der Waals surface area contributed by atoms with Crippen LogP contribution in [0.25, 0.3) is 0 Å². The lowest BCUT2D eigenvalue weighted by Gasteiger charge is -2.03. The van der Waals surface area contributed by atoms with E-state index in [1.54, 1.807) is 30.1 Å². The van der Waals surface area contributed by atoms with Crippen molar-refractivity contribution in [2.24, 2.45) is 7.05 Å². The molecule has 5 heteroatoms. The number of hydrogen-bond donors (Lipinski definition) is 0. The summed E-state index contributed by atoms with van der Waals surface area (Å²) in [5.74, 6) is -0.381. The maximum atomic E-state index is 11.6. The second-order valence-corrected chi connectivity index (χ2v) is 4.04. The molecule has 17 heavy (non-hydrogen) atoms. The molecule has 0 amide bonds. The van der Waals surface area contributed by atoms with Crippen molar-refractivity contribution >= 4 is 17.6 Å². The quantitative estimate of drug-likeness (QED) is 0.786. The predicted molar refractivity (Wildman–Crippen MR) is 63.8 cm³/mol. The topological polar surface area (TPSA) is 44.1 Å². The molecule has 88 valence electrons. The Kier molecular flexibility index (Phi) is 3.44. The molecule has 1 heterocycles. The van der Waals surface area contributed by atoms with Gasteiger partial charge < -0.3 is 4.74 Å². The number of carbonyl (C=O) groups is 1. The number of carbonyl (C=O) groups excluding carboxylic acids is 1. The summed E-state index contributed by atoms with van der Waals surface area (Å²) in [6.45, 7) is 0.227. The van der Waals surface area contributed by atoms with Gasteiger partial charge in [-0.2, -0.15) is 5.10 Å². The summed E-state index contributed by atoms with van der Waals surface area (Å²) in [5.41, 5.74) is 1.34. The van der Waals surface area contributed by atoms with Gasteiger partial charge in [-0.15, -0.1) is 0 Å². The summed E-state index contributed by atoms with van der Waals surface area (Å²) in [6.07, 6.45) is 3.09. The van der Waals surface area contributed by atoms with Gasteiger partial charge in [0.2, 0.25) is 0 Å². The molecule has 0 radical (unpaired) electrons. The van der Waals surface area contributed by atoms with E-state index in [1.165, 1.54) is 6.20 Å². The Morgan fingerprint density at radius 1 is 1.41 bits per heavy atom. The first-order valence-corrected chi connectivity index (χ1v) is 5.43. The van der Waals surface area contributed by atoms with Crippen molar-refractivity contribution in [3.8, 4) is 0 Å². The van der Waals surface area contributed by atoms with Crippen LogP contribution in [-0.2, 0) is 18.4 Å². The number of nitrogens with zero attached hydrogens (tertiary/aromatic N) is 2. The van der Waals surface area contributed by atoms with E-state index < -0.39 is 0 Å². The Morgan fingerprint density at radius 2 is 2.12 bits per heavy atom. The number of rotatable bonds is 3. The van der Waals surface area contributed by atoms with E-state index in [4.69, 9.17) is 16.3 Å². The van der Waals surface area contributed by atoms with Crippen molar-refractivity contribution < 1.29 is 9.53 Å². The molecule has 0 saturated carbocycles. The fourth-order valence-electron chi connectivity index (χ4n) is 1.34. The first-order chi connectivity index (χ1) is 8.15. The van der Waals surface area contributed by atoms with Crippen LogP contribution in [-0.4, -0.2) is 15.7 Å². The molecule has 0 N–H and O–H groups in total.